The van der Waals surface area contributed by atoms with Crippen LogP contribution in [-0.2, 0) is 20.0 Å². The summed E-state index contributed by atoms with van der Waals surface area (Å²) in [6, 6.07) is 16.1. The van der Waals surface area contributed by atoms with Crippen molar-refractivity contribution in [2.24, 2.45) is 0 Å². The van der Waals surface area contributed by atoms with Crippen molar-refractivity contribution >= 4 is 25.4 Å². The van der Waals surface area contributed by atoms with E-state index < -0.39 is 0 Å². The molecule has 0 radical (unpaired) electrons. The van der Waals surface area contributed by atoms with Crippen LogP contribution in [0.3, 0.4) is 0 Å². The molecule has 30 heavy (non-hydrogen) atoms. The van der Waals surface area contributed by atoms with Crippen LogP contribution < -0.4 is 24.8 Å². The normalized spacial score (nSPS) is 11.5. The van der Waals surface area contributed by atoms with Gasteiger partial charge < -0.3 is 24.8 Å². The zero-order chi connectivity index (χ0) is 20.7. The molecule has 0 saturated heterocycles. The van der Waals surface area contributed by atoms with Crippen molar-refractivity contribution in [2.45, 2.75) is 59.8 Å². The SMILES string of the molecule is CC(C)c1ccc2[cH-]c3ccc(C(C)C)cc3c2c1.C[C](C)=[Ti+2].[C-]1=CC=CC1.[Cl-].[Cl-]. The largest absolute Gasteiger partial charge is 1.00 e. The van der Waals surface area contributed by atoms with Gasteiger partial charge in [0.15, 0.2) is 0 Å². The fourth-order valence-electron chi connectivity index (χ4n) is 3.09. The van der Waals surface area contributed by atoms with Gasteiger partial charge in [0.25, 0.3) is 0 Å². The molecule has 3 heteroatoms. The van der Waals surface area contributed by atoms with Crippen molar-refractivity contribution in [3.8, 4) is 0 Å². The first-order valence-corrected chi connectivity index (χ1v) is 10.9. The van der Waals surface area contributed by atoms with Crippen LogP contribution in [0.2, 0.25) is 0 Å². The Hall–Kier alpha value is -1.05. The van der Waals surface area contributed by atoms with Gasteiger partial charge in [-0.3, -0.25) is 6.08 Å². The monoisotopic (exact) mass is 474 g/mol. The molecule has 0 aliphatic heterocycles. The van der Waals surface area contributed by atoms with E-state index in [9.17, 15) is 0 Å². The fourth-order valence-corrected chi connectivity index (χ4v) is 3.09. The molecule has 0 N–H and O–H groups in total. The Morgan fingerprint density at radius 2 is 1.30 bits per heavy atom. The van der Waals surface area contributed by atoms with Gasteiger partial charge in [-0.1, -0.05) is 63.1 Å². The van der Waals surface area contributed by atoms with Crippen LogP contribution in [-0.4, -0.2) is 3.81 Å². The molecule has 4 rings (SSSR count). The third kappa shape index (κ3) is 8.60. The zero-order valence-electron chi connectivity index (χ0n) is 18.9. The second-order valence-corrected chi connectivity index (χ2v) is 9.71. The predicted octanol–water partition coefficient (Wildman–Crippen LogP) is 2.02. The number of allylic oxidation sites excluding steroid dienone is 4. The Morgan fingerprint density at radius 3 is 1.57 bits per heavy atom. The van der Waals surface area contributed by atoms with E-state index in [-0.39, 0.29) is 24.8 Å². The summed E-state index contributed by atoms with van der Waals surface area (Å²) >= 11 is 2.08. The Morgan fingerprint density at radius 1 is 0.867 bits per heavy atom. The van der Waals surface area contributed by atoms with Gasteiger partial charge in [-0.15, -0.1) is 46.2 Å². The molecule has 0 fully saturated rings. The van der Waals surface area contributed by atoms with E-state index in [2.05, 4.69) is 116 Å². The molecular formula is C27H32Cl2Ti-2. The Kier molecular flexibility index (Phi) is 13.6. The van der Waals surface area contributed by atoms with E-state index in [0.29, 0.717) is 11.8 Å². The standard InChI is InChI=1S/C19H21.C5H5.C3H6.2ClH.Ti/c1-12(2)14-5-7-16-9-17-8-6-15(13(3)4)11-19(17)18(16)10-14;1-2-4-5-3-1;1-3-2;;;/h5-13H,1-4H3;1-3H,4H2;1-2H3;2*1H;/q2*-1;;;;+2/p-2. The summed E-state index contributed by atoms with van der Waals surface area (Å²) in [7, 11) is 0. The number of rotatable bonds is 2. The molecule has 3 aromatic rings. The van der Waals surface area contributed by atoms with Crippen LogP contribution in [0.4, 0.5) is 0 Å². The van der Waals surface area contributed by atoms with Crippen LogP contribution >= 0.6 is 0 Å². The van der Waals surface area contributed by atoms with E-state index >= 15 is 0 Å². The van der Waals surface area contributed by atoms with Crippen LogP contribution in [0.5, 0.6) is 0 Å². The van der Waals surface area contributed by atoms with E-state index in [0.717, 1.165) is 6.42 Å². The average molecular weight is 475 g/mol. The van der Waals surface area contributed by atoms with Crippen molar-refractivity contribution in [1.82, 2.24) is 0 Å². The molecule has 0 unspecified atom stereocenters. The molecule has 0 heterocycles. The molecule has 3 aromatic carbocycles. The van der Waals surface area contributed by atoms with Gasteiger partial charge in [0.2, 0.25) is 0 Å². The van der Waals surface area contributed by atoms with Crippen LogP contribution in [0.25, 0.3) is 21.5 Å². The molecule has 1 aliphatic rings. The Labute approximate surface area is 206 Å². The summed E-state index contributed by atoms with van der Waals surface area (Å²) in [5.41, 5.74) is 2.85. The minimum Gasteiger partial charge on any atom is -1.00 e. The maximum absolute atomic E-state index is 2.99. The first-order valence-electron chi connectivity index (χ1n) is 10.2. The van der Waals surface area contributed by atoms with Crippen LogP contribution in [0.1, 0.15) is 70.9 Å². The van der Waals surface area contributed by atoms with Gasteiger partial charge >= 0.3 is 37.6 Å². The molecule has 0 amide bonds. The number of halogens is 2. The summed E-state index contributed by atoms with van der Waals surface area (Å²) in [6.07, 6.45) is 10.0. The average Bonchev–Trinajstić information content (AvgIpc) is 3.31. The van der Waals surface area contributed by atoms with Crippen molar-refractivity contribution in [3.05, 3.63) is 77.9 Å². The summed E-state index contributed by atoms with van der Waals surface area (Å²) in [4.78, 5) is 0. The third-order valence-electron chi connectivity index (χ3n) is 4.68. The number of fused-ring (bicyclic) bond motifs is 3. The van der Waals surface area contributed by atoms with Gasteiger partial charge in [-0.05, 0) is 11.8 Å². The molecule has 0 aromatic heterocycles. The minimum atomic E-state index is 0. The number of hydrogen-bond acceptors (Lipinski definition) is 0. The van der Waals surface area contributed by atoms with E-state index in [1.54, 1.807) is 0 Å². The van der Waals surface area contributed by atoms with Crippen molar-refractivity contribution in [1.29, 1.82) is 0 Å². The van der Waals surface area contributed by atoms with Crippen molar-refractivity contribution in [2.75, 3.05) is 0 Å². The molecule has 160 valence electrons. The summed E-state index contributed by atoms with van der Waals surface area (Å²) < 4.78 is 1.42. The predicted molar refractivity (Wildman–Crippen MR) is 123 cm³/mol. The van der Waals surface area contributed by atoms with E-state index in [1.165, 1.54) is 36.5 Å². The maximum Gasteiger partial charge on any atom is -0.109 e. The number of benzene rings is 2. The van der Waals surface area contributed by atoms with E-state index in [4.69, 9.17) is 0 Å². The van der Waals surface area contributed by atoms with Gasteiger partial charge in [-0.2, -0.15) is 6.08 Å². The van der Waals surface area contributed by atoms with Crippen molar-refractivity contribution in [3.63, 3.8) is 0 Å². The fraction of sp³-hybridized carbons (Fsp3) is 0.333. The molecular weight excluding hydrogens is 443 g/mol. The summed E-state index contributed by atoms with van der Waals surface area (Å²) in [5, 5.41) is 5.54. The van der Waals surface area contributed by atoms with Crippen LogP contribution in [0, 0.1) is 6.08 Å². The topological polar surface area (TPSA) is 0 Å². The smallest absolute Gasteiger partial charge is 0.109 e. The first-order chi connectivity index (χ1) is 13.3. The van der Waals surface area contributed by atoms with Crippen molar-refractivity contribution < 1.29 is 44.8 Å². The second-order valence-electron chi connectivity index (χ2n) is 8.15. The van der Waals surface area contributed by atoms with Crippen LogP contribution in [0.15, 0.2) is 60.7 Å². The Bertz CT molecular complexity index is 914. The van der Waals surface area contributed by atoms with Gasteiger partial charge in [0, 0.05) is 0 Å². The zero-order valence-corrected chi connectivity index (χ0v) is 22.0. The molecule has 0 atom stereocenters. The first kappa shape index (κ1) is 29.0. The second kappa shape index (κ2) is 14.1. The maximum atomic E-state index is 2.99. The summed E-state index contributed by atoms with van der Waals surface area (Å²) in [6.45, 7) is 13.2. The van der Waals surface area contributed by atoms with Gasteiger partial charge in [-0.25, -0.2) is 12.2 Å². The molecule has 0 nitrogen and oxygen atoms in total. The number of hydrogen-bond donors (Lipinski definition) is 0. The summed E-state index contributed by atoms with van der Waals surface area (Å²) in [5.74, 6) is 1.17. The van der Waals surface area contributed by atoms with Gasteiger partial charge in [0.05, 0.1) is 0 Å². The minimum absolute atomic E-state index is 0. The molecule has 0 saturated carbocycles. The Balaban J connectivity index is 0.000000645. The quantitative estimate of drug-likeness (QED) is 0.393. The van der Waals surface area contributed by atoms with Gasteiger partial charge in [0.1, 0.15) is 0 Å². The molecule has 1 aliphatic carbocycles. The molecule has 0 spiro atoms. The third-order valence-corrected chi connectivity index (χ3v) is 4.68. The molecule has 0 bridgehead atoms. The van der Waals surface area contributed by atoms with E-state index in [1.807, 2.05) is 12.2 Å².